The number of aliphatic carboxylic acids is 1. The summed E-state index contributed by atoms with van der Waals surface area (Å²) in [6, 6.07) is 7.87. The zero-order chi connectivity index (χ0) is 20.8. The number of piperidine rings is 1. The molecule has 2 amide bonds. The van der Waals surface area contributed by atoms with Crippen LogP contribution in [0.3, 0.4) is 0 Å². The second-order valence-corrected chi connectivity index (χ2v) is 9.04. The molecule has 7 nitrogen and oxygen atoms in total. The molecule has 0 spiro atoms. The number of carbonyl (C=O) groups is 3. The van der Waals surface area contributed by atoms with Crippen molar-refractivity contribution < 1.29 is 24.2 Å². The number of ether oxygens (including phenoxy) is 1. The number of benzene rings is 1. The summed E-state index contributed by atoms with van der Waals surface area (Å²) >= 11 is 0. The number of nitrogens with one attached hydrogen (secondary N) is 1. The maximum absolute atomic E-state index is 13.4. The van der Waals surface area contributed by atoms with E-state index in [1.807, 2.05) is 30.3 Å². The molecule has 1 aromatic rings. The predicted octanol–water partition coefficient (Wildman–Crippen LogP) is 1.32. The van der Waals surface area contributed by atoms with Crippen LogP contribution in [-0.4, -0.2) is 59.6 Å². The van der Waals surface area contributed by atoms with Gasteiger partial charge in [-0.25, -0.2) is 4.79 Å². The van der Waals surface area contributed by atoms with E-state index in [1.165, 1.54) is 4.90 Å². The molecule has 7 heteroatoms. The Labute approximate surface area is 170 Å². The van der Waals surface area contributed by atoms with Crippen LogP contribution in [0.25, 0.3) is 0 Å². The summed E-state index contributed by atoms with van der Waals surface area (Å²) in [5, 5.41) is 12.7. The number of rotatable bonds is 6. The molecule has 3 fully saturated rings. The number of hydrogen-bond donors (Lipinski definition) is 2. The Kier molecular flexibility index (Phi) is 5.11. The van der Waals surface area contributed by atoms with E-state index < -0.39 is 18.1 Å². The van der Waals surface area contributed by atoms with Gasteiger partial charge in [0.05, 0.1) is 12.5 Å². The van der Waals surface area contributed by atoms with Crippen LogP contribution in [-0.2, 0) is 25.5 Å². The lowest BCUT2D eigenvalue weighted by molar-refractivity contribution is -0.151. The number of fused-ring (bicyclic) bond motifs is 1. The van der Waals surface area contributed by atoms with Gasteiger partial charge in [0.15, 0.2) is 0 Å². The maximum Gasteiger partial charge on any atom is 0.326 e. The average Bonchev–Trinajstić information content (AvgIpc) is 3.17. The summed E-state index contributed by atoms with van der Waals surface area (Å²) in [5.74, 6) is -1.57. The molecule has 3 aliphatic rings. The van der Waals surface area contributed by atoms with Crippen LogP contribution in [0.1, 0.15) is 25.8 Å². The molecule has 0 aromatic heterocycles. The Hall–Kier alpha value is -2.41. The molecule has 1 aromatic carbocycles. The number of hydrogen-bond acceptors (Lipinski definition) is 4. The minimum atomic E-state index is -0.967. The Morgan fingerprint density at radius 3 is 2.62 bits per heavy atom. The van der Waals surface area contributed by atoms with Crippen molar-refractivity contribution in [2.24, 2.45) is 23.2 Å². The summed E-state index contributed by atoms with van der Waals surface area (Å²) in [6.45, 7) is 5.45. The average molecular weight is 400 g/mol. The van der Waals surface area contributed by atoms with Gasteiger partial charge in [-0.3, -0.25) is 9.59 Å². The lowest BCUT2D eigenvalue weighted by Gasteiger charge is -2.32. The summed E-state index contributed by atoms with van der Waals surface area (Å²) in [5.41, 5.74) is 0.865. The molecule has 2 N–H and O–H groups in total. The molecule has 0 bridgehead atoms. The van der Waals surface area contributed by atoms with Gasteiger partial charge in [-0.1, -0.05) is 44.2 Å². The lowest BCUT2D eigenvalue weighted by atomic mass is 9.98. The van der Waals surface area contributed by atoms with Crippen LogP contribution in [0.2, 0.25) is 0 Å². The van der Waals surface area contributed by atoms with Gasteiger partial charge >= 0.3 is 5.97 Å². The highest BCUT2D eigenvalue weighted by atomic mass is 16.5. The monoisotopic (exact) mass is 400 g/mol. The van der Waals surface area contributed by atoms with E-state index in [0.29, 0.717) is 32.6 Å². The van der Waals surface area contributed by atoms with Crippen LogP contribution in [0.15, 0.2) is 30.3 Å². The molecule has 156 valence electrons. The molecular weight excluding hydrogens is 372 g/mol. The van der Waals surface area contributed by atoms with Gasteiger partial charge in [0.2, 0.25) is 11.8 Å². The second kappa shape index (κ2) is 7.44. The van der Waals surface area contributed by atoms with E-state index in [-0.39, 0.29) is 35.0 Å². The molecular formula is C22H28N2O5. The van der Waals surface area contributed by atoms with Gasteiger partial charge in [0.25, 0.3) is 0 Å². The number of carboxylic acids is 1. The molecule has 2 aliphatic heterocycles. The number of nitrogens with zero attached hydrogens (tertiary/aromatic N) is 1. The van der Waals surface area contributed by atoms with E-state index in [9.17, 15) is 19.5 Å². The Bertz CT molecular complexity index is 803. The molecule has 29 heavy (non-hydrogen) atoms. The lowest BCUT2D eigenvalue weighted by Crippen LogP contribution is -2.55. The van der Waals surface area contributed by atoms with Gasteiger partial charge in [-0.2, -0.15) is 0 Å². The highest BCUT2D eigenvalue weighted by Crippen LogP contribution is 2.64. The zero-order valence-corrected chi connectivity index (χ0v) is 16.8. The molecule has 0 radical (unpaired) electrons. The van der Waals surface area contributed by atoms with Gasteiger partial charge in [0, 0.05) is 25.5 Å². The topological polar surface area (TPSA) is 95.9 Å². The fraction of sp³-hybridized carbons (Fsp3) is 0.591. The fourth-order valence-electron chi connectivity index (χ4n) is 5.08. The Morgan fingerprint density at radius 1 is 1.28 bits per heavy atom. The van der Waals surface area contributed by atoms with Crippen molar-refractivity contribution in [2.75, 3.05) is 19.8 Å². The molecule has 2 heterocycles. The number of likely N-dealkylation sites (tertiary alicyclic amines) is 1. The van der Waals surface area contributed by atoms with Crippen molar-refractivity contribution in [3.8, 4) is 0 Å². The second-order valence-electron chi connectivity index (χ2n) is 9.04. The normalized spacial score (nSPS) is 30.5. The number of amides is 2. The highest BCUT2D eigenvalue weighted by Gasteiger charge is 2.69. The summed E-state index contributed by atoms with van der Waals surface area (Å²) in [7, 11) is 0. The molecule has 1 unspecified atom stereocenters. The van der Waals surface area contributed by atoms with E-state index >= 15 is 0 Å². The number of carbonyl (C=O) groups excluding carboxylic acids is 2. The van der Waals surface area contributed by atoms with E-state index in [4.69, 9.17) is 4.74 Å². The van der Waals surface area contributed by atoms with E-state index in [1.54, 1.807) is 0 Å². The van der Waals surface area contributed by atoms with E-state index in [0.717, 1.165) is 5.56 Å². The zero-order valence-electron chi connectivity index (χ0n) is 16.8. The van der Waals surface area contributed by atoms with Crippen LogP contribution in [0.5, 0.6) is 0 Å². The van der Waals surface area contributed by atoms with Crippen molar-refractivity contribution in [1.29, 1.82) is 0 Å². The quantitative estimate of drug-likeness (QED) is 0.751. The van der Waals surface area contributed by atoms with Gasteiger partial charge in [-0.05, 0) is 23.3 Å². The molecule has 2 saturated heterocycles. The van der Waals surface area contributed by atoms with Gasteiger partial charge in [-0.15, -0.1) is 0 Å². The maximum atomic E-state index is 13.4. The number of carboxylic acid groups (broad SMARTS) is 1. The smallest absolute Gasteiger partial charge is 0.326 e. The molecule has 5 atom stereocenters. The SMILES string of the molecule is CC1(C)[C@@H]2[C@@H](C(=O)O)N(C(=O)C(Cc3ccccc3)NC(=O)[C@H]3CCOC3)C[C@@H]21. The standard InChI is InChI=1S/C22H28N2O5/c1-22(2)15-11-24(18(17(15)22)21(27)28)20(26)16(10-13-6-4-3-5-7-13)23-19(25)14-8-9-29-12-14/h3-7,14-18H,8-12H2,1-2H3,(H,23,25)(H,27,28)/t14-,15-,16?,17-,18-/m0/s1. The first-order valence-electron chi connectivity index (χ1n) is 10.3. The first-order chi connectivity index (χ1) is 13.8. The van der Waals surface area contributed by atoms with Crippen molar-refractivity contribution >= 4 is 17.8 Å². The predicted molar refractivity (Wildman–Crippen MR) is 105 cm³/mol. The minimum absolute atomic E-state index is 0.0275. The fourth-order valence-corrected chi connectivity index (χ4v) is 5.08. The van der Waals surface area contributed by atoms with Crippen molar-refractivity contribution in [3.05, 3.63) is 35.9 Å². The van der Waals surface area contributed by atoms with Gasteiger partial charge in [0.1, 0.15) is 12.1 Å². The van der Waals surface area contributed by atoms with E-state index in [2.05, 4.69) is 19.2 Å². The molecule has 4 rings (SSSR count). The largest absolute Gasteiger partial charge is 0.480 e. The van der Waals surface area contributed by atoms with Crippen LogP contribution < -0.4 is 5.32 Å². The van der Waals surface area contributed by atoms with Crippen molar-refractivity contribution in [2.45, 2.75) is 38.8 Å². The third-order valence-electron chi connectivity index (χ3n) is 6.94. The van der Waals surface area contributed by atoms with Gasteiger partial charge < -0.3 is 20.1 Å². The minimum Gasteiger partial charge on any atom is -0.480 e. The molecule has 1 saturated carbocycles. The summed E-state index contributed by atoms with van der Waals surface area (Å²) < 4.78 is 5.30. The third kappa shape index (κ3) is 3.64. The van der Waals surface area contributed by atoms with Crippen LogP contribution >= 0.6 is 0 Å². The Morgan fingerprint density at radius 2 is 2.00 bits per heavy atom. The van der Waals surface area contributed by atoms with Crippen LogP contribution in [0.4, 0.5) is 0 Å². The first kappa shape index (κ1) is 19.9. The Balaban J connectivity index is 1.54. The summed E-state index contributed by atoms with van der Waals surface area (Å²) in [6.07, 6.45) is 0.971. The third-order valence-corrected chi connectivity index (χ3v) is 6.94. The van der Waals surface area contributed by atoms with Crippen LogP contribution in [0, 0.1) is 23.2 Å². The van der Waals surface area contributed by atoms with Crippen molar-refractivity contribution in [1.82, 2.24) is 10.2 Å². The summed E-state index contributed by atoms with van der Waals surface area (Å²) in [4.78, 5) is 39.5. The van der Waals surface area contributed by atoms with Crippen molar-refractivity contribution in [3.63, 3.8) is 0 Å². The highest BCUT2D eigenvalue weighted by molar-refractivity contribution is 5.92. The first-order valence-corrected chi connectivity index (χ1v) is 10.3. The molecule has 1 aliphatic carbocycles.